The van der Waals surface area contributed by atoms with Crippen molar-refractivity contribution in [3.8, 4) is 0 Å². The maximum atomic E-state index is 13.4. The van der Waals surface area contributed by atoms with Crippen LogP contribution < -0.4 is 4.72 Å². The van der Waals surface area contributed by atoms with Gasteiger partial charge < -0.3 is 5.11 Å². The molecule has 0 unspecified atom stereocenters. The molecule has 118 valence electrons. The van der Waals surface area contributed by atoms with Crippen LogP contribution in [0, 0.1) is 17.6 Å². The number of hydrogen-bond acceptors (Lipinski definition) is 3. The molecule has 0 radical (unpaired) electrons. The normalized spacial score (nSPS) is 18.0. The van der Waals surface area contributed by atoms with Crippen molar-refractivity contribution in [2.75, 3.05) is 19.7 Å². The Kier molecular flexibility index (Phi) is 5.26. The molecule has 0 spiro atoms. The predicted molar refractivity (Wildman–Crippen MR) is 73.5 cm³/mol. The second kappa shape index (κ2) is 6.78. The van der Waals surface area contributed by atoms with E-state index < -0.39 is 21.8 Å². The van der Waals surface area contributed by atoms with Gasteiger partial charge >= 0.3 is 0 Å². The first-order valence-electron chi connectivity index (χ1n) is 6.72. The largest absolute Gasteiger partial charge is 0.396 e. The molecule has 0 saturated carbocycles. The lowest BCUT2D eigenvalue weighted by molar-refractivity contribution is 0.169. The molecule has 0 atom stereocenters. The highest BCUT2D eigenvalue weighted by Gasteiger charge is 2.27. The van der Waals surface area contributed by atoms with E-state index in [9.17, 15) is 17.2 Å². The van der Waals surface area contributed by atoms with Gasteiger partial charge in [0.05, 0.1) is 0 Å². The van der Waals surface area contributed by atoms with Gasteiger partial charge in [-0.1, -0.05) is 6.07 Å². The lowest BCUT2D eigenvalue weighted by Crippen LogP contribution is -2.45. The van der Waals surface area contributed by atoms with Crippen molar-refractivity contribution in [3.05, 3.63) is 35.4 Å². The van der Waals surface area contributed by atoms with Gasteiger partial charge in [-0.05, 0) is 24.8 Å². The Balaban J connectivity index is 1.95. The van der Waals surface area contributed by atoms with E-state index in [0.717, 1.165) is 12.1 Å². The molecular weight excluding hydrogens is 302 g/mol. The van der Waals surface area contributed by atoms with E-state index in [0.29, 0.717) is 25.9 Å². The first-order chi connectivity index (χ1) is 9.92. The van der Waals surface area contributed by atoms with E-state index in [4.69, 9.17) is 5.11 Å². The Labute approximate surface area is 122 Å². The molecule has 1 aromatic rings. The summed E-state index contributed by atoms with van der Waals surface area (Å²) in [7, 11) is -3.70. The van der Waals surface area contributed by atoms with Gasteiger partial charge in [-0.25, -0.2) is 8.78 Å². The monoisotopic (exact) mass is 320 g/mol. The number of piperidine rings is 1. The van der Waals surface area contributed by atoms with E-state index in [1.165, 1.54) is 10.4 Å². The quantitative estimate of drug-likeness (QED) is 0.850. The lowest BCUT2D eigenvalue weighted by atomic mass is 10.00. The van der Waals surface area contributed by atoms with Gasteiger partial charge in [0.15, 0.2) is 0 Å². The molecule has 1 aliphatic rings. The third-order valence-corrected chi connectivity index (χ3v) is 5.19. The molecule has 5 nitrogen and oxygen atoms in total. The summed E-state index contributed by atoms with van der Waals surface area (Å²) in [5.41, 5.74) is 0.0882. The molecule has 0 amide bonds. The van der Waals surface area contributed by atoms with Crippen LogP contribution in [0.3, 0.4) is 0 Å². The molecular formula is C13H18F2N2O3S. The maximum Gasteiger partial charge on any atom is 0.279 e. The standard InChI is InChI=1S/C13H18F2N2O3S/c14-12-2-1-11(13(15)7-12)8-16-21(19,20)17-5-3-10(9-18)4-6-17/h1-2,7,10,16,18H,3-6,8-9H2. The second-order valence-electron chi connectivity index (χ2n) is 5.09. The molecule has 1 fully saturated rings. The van der Waals surface area contributed by atoms with E-state index in [-0.39, 0.29) is 24.6 Å². The summed E-state index contributed by atoms with van der Waals surface area (Å²) in [6.07, 6.45) is 1.20. The summed E-state index contributed by atoms with van der Waals surface area (Å²) in [6, 6.07) is 3.01. The second-order valence-corrected chi connectivity index (χ2v) is 6.84. The fourth-order valence-electron chi connectivity index (χ4n) is 2.26. The Bertz CT molecular complexity index is 587. The van der Waals surface area contributed by atoms with Gasteiger partial charge in [0.1, 0.15) is 11.6 Å². The molecule has 8 heteroatoms. The summed E-state index contributed by atoms with van der Waals surface area (Å²) in [5, 5.41) is 9.03. The molecule has 2 rings (SSSR count). The summed E-state index contributed by atoms with van der Waals surface area (Å²) >= 11 is 0. The number of benzene rings is 1. The molecule has 0 aliphatic carbocycles. The number of aliphatic hydroxyl groups excluding tert-OH is 1. The molecule has 1 saturated heterocycles. The average Bonchev–Trinajstić information content (AvgIpc) is 2.46. The number of halogens is 2. The van der Waals surface area contributed by atoms with Crippen LogP contribution in [0.2, 0.25) is 0 Å². The van der Waals surface area contributed by atoms with Crippen molar-refractivity contribution in [2.24, 2.45) is 5.92 Å². The van der Waals surface area contributed by atoms with Crippen molar-refractivity contribution in [3.63, 3.8) is 0 Å². The molecule has 1 aromatic carbocycles. The average molecular weight is 320 g/mol. The third-order valence-electron chi connectivity index (χ3n) is 3.63. The van der Waals surface area contributed by atoms with Crippen molar-refractivity contribution in [2.45, 2.75) is 19.4 Å². The fraction of sp³-hybridized carbons (Fsp3) is 0.538. The Morgan fingerprint density at radius 1 is 1.29 bits per heavy atom. The zero-order chi connectivity index (χ0) is 15.5. The first-order valence-corrected chi connectivity index (χ1v) is 8.16. The van der Waals surface area contributed by atoms with Gasteiger partial charge in [-0.3, -0.25) is 0 Å². The highest BCUT2D eigenvalue weighted by Crippen LogP contribution is 2.18. The van der Waals surface area contributed by atoms with E-state index >= 15 is 0 Å². The molecule has 2 N–H and O–H groups in total. The molecule has 21 heavy (non-hydrogen) atoms. The van der Waals surface area contributed by atoms with Crippen LogP contribution in [-0.4, -0.2) is 37.5 Å². The van der Waals surface area contributed by atoms with Gasteiger partial charge in [-0.15, -0.1) is 0 Å². The van der Waals surface area contributed by atoms with Crippen molar-refractivity contribution in [1.29, 1.82) is 0 Å². The Hall–Kier alpha value is -1.09. The fourth-order valence-corrected chi connectivity index (χ4v) is 3.47. The number of aliphatic hydroxyl groups is 1. The number of rotatable bonds is 5. The molecule has 0 bridgehead atoms. The van der Waals surface area contributed by atoms with Gasteiger partial charge in [0.25, 0.3) is 10.2 Å². The molecule has 1 heterocycles. The minimum atomic E-state index is -3.70. The summed E-state index contributed by atoms with van der Waals surface area (Å²) in [5.74, 6) is -1.35. The lowest BCUT2D eigenvalue weighted by Gasteiger charge is -2.30. The third kappa shape index (κ3) is 4.19. The van der Waals surface area contributed by atoms with E-state index in [1.807, 2.05) is 0 Å². The highest BCUT2D eigenvalue weighted by molar-refractivity contribution is 7.87. The van der Waals surface area contributed by atoms with Crippen LogP contribution >= 0.6 is 0 Å². The predicted octanol–water partition coefficient (Wildman–Crippen LogP) is 1.00. The topological polar surface area (TPSA) is 69.6 Å². The van der Waals surface area contributed by atoms with Gasteiger partial charge in [0, 0.05) is 37.9 Å². The number of nitrogens with one attached hydrogen (secondary N) is 1. The van der Waals surface area contributed by atoms with Crippen LogP contribution in [-0.2, 0) is 16.8 Å². The van der Waals surface area contributed by atoms with E-state index in [2.05, 4.69) is 4.72 Å². The Morgan fingerprint density at radius 3 is 2.52 bits per heavy atom. The van der Waals surface area contributed by atoms with Crippen molar-refractivity contribution < 1.29 is 22.3 Å². The van der Waals surface area contributed by atoms with Crippen molar-refractivity contribution >= 4 is 10.2 Å². The smallest absolute Gasteiger partial charge is 0.279 e. The molecule has 0 aromatic heterocycles. The minimum Gasteiger partial charge on any atom is -0.396 e. The first kappa shape index (κ1) is 16.3. The zero-order valence-electron chi connectivity index (χ0n) is 11.4. The minimum absolute atomic E-state index is 0.0576. The van der Waals surface area contributed by atoms with Crippen LogP contribution in [0.5, 0.6) is 0 Å². The van der Waals surface area contributed by atoms with E-state index in [1.54, 1.807) is 0 Å². The number of hydrogen-bond donors (Lipinski definition) is 2. The molecule has 1 aliphatic heterocycles. The maximum absolute atomic E-state index is 13.4. The Morgan fingerprint density at radius 2 is 1.95 bits per heavy atom. The summed E-state index contributed by atoms with van der Waals surface area (Å²) in [6.45, 7) is 0.482. The van der Waals surface area contributed by atoms with Gasteiger partial charge in [0.2, 0.25) is 0 Å². The number of nitrogens with zero attached hydrogens (tertiary/aromatic N) is 1. The van der Waals surface area contributed by atoms with Crippen molar-refractivity contribution in [1.82, 2.24) is 9.03 Å². The van der Waals surface area contributed by atoms with Crippen LogP contribution in [0.25, 0.3) is 0 Å². The van der Waals surface area contributed by atoms with Crippen LogP contribution in [0.15, 0.2) is 18.2 Å². The van der Waals surface area contributed by atoms with Crippen LogP contribution in [0.4, 0.5) is 8.78 Å². The van der Waals surface area contributed by atoms with Crippen LogP contribution in [0.1, 0.15) is 18.4 Å². The summed E-state index contributed by atoms with van der Waals surface area (Å²) in [4.78, 5) is 0. The van der Waals surface area contributed by atoms with Gasteiger partial charge in [-0.2, -0.15) is 17.4 Å². The summed E-state index contributed by atoms with van der Waals surface area (Å²) < 4.78 is 54.0. The SMILES string of the molecule is O=S(=O)(NCc1ccc(F)cc1F)N1CCC(CO)CC1. The zero-order valence-corrected chi connectivity index (χ0v) is 12.2. The highest BCUT2D eigenvalue weighted by atomic mass is 32.2.